The van der Waals surface area contributed by atoms with Crippen molar-refractivity contribution in [3.05, 3.63) is 35.9 Å². The highest BCUT2D eigenvalue weighted by Crippen LogP contribution is 2.28. The fourth-order valence-corrected chi connectivity index (χ4v) is 2.11. The monoisotopic (exact) mass is 308 g/mol. The fourth-order valence-electron chi connectivity index (χ4n) is 1.95. The van der Waals surface area contributed by atoms with E-state index >= 15 is 0 Å². The van der Waals surface area contributed by atoms with Gasteiger partial charge >= 0.3 is 5.97 Å². The molecule has 0 aromatic heterocycles. The second-order valence-corrected chi connectivity index (χ2v) is 6.62. The largest absolute Gasteiger partial charge is 0.481 e. The first-order valence-electron chi connectivity index (χ1n) is 7.06. The van der Waals surface area contributed by atoms with E-state index in [1.54, 1.807) is 0 Å². The molecule has 0 amide bonds. The van der Waals surface area contributed by atoms with Crippen LogP contribution in [0.4, 0.5) is 0 Å². The van der Waals surface area contributed by atoms with Crippen molar-refractivity contribution in [1.82, 2.24) is 10.6 Å². The average molecular weight is 308 g/mol. The Kier molecular flexibility index (Phi) is 6.62. The Morgan fingerprint density at radius 1 is 1.24 bits per heavy atom. The number of carboxylic acid groups (broad SMARTS) is 1. The van der Waals surface area contributed by atoms with Crippen LogP contribution in [0.25, 0.3) is 0 Å². The number of aliphatic carboxylic acids is 1. The molecule has 0 fully saturated rings. The zero-order valence-electron chi connectivity index (χ0n) is 12.8. The lowest BCUT2D eigenvalue weighted by Crippen LogP contribution is -2.41. The van der Waals surface area contributed by atoms with Crippen LogP contribution in [-0.4, -0.2) is 22.7 Å². The molecule has 0 aliphatic rings. The molecule has 0 bridgehead atoms. The van der Waals surface area contributed by atoms with E-state index in [9.17, 15) is 4.79 Å². The molecule has 5 heteroatoms. The molecule has 1 unspecified atom stereocenters. The van der Waals surface area contributed by atoms with Gasteiger partial charge < -0.3 is 15.7 Å². The number of benzene rings is 1. The first kappa shape index (κ1) is 17.4. The maximum absolute atomic E-state index is 10.9. The van der Waals surface area contributed by atoms with Gasteiger partial charge in [-0.2, -0.15) is 0 Å². The molecule has 0 radical (unpaired) electrons. The smallest absolute Gasteiger partial charge is 0.303 e. The maximum atomic E-state index is 10.9. The summed E-state index contributed by atoms with van der Waals surface area (Å²) in [7, 11) is 0. The van der Waals surface area contributed by atoms with Crippen molar-refractivity contribution in [2.75, 3.05) is 6.54 Å². The predicted molar refractivity (Wildman–Crippen MR) is 89.1 cm³/mol. The standard InChI is InChI=1S/C16H24N2O2S/c1-16(2,3)13(9-14(19)20)11-18-15(21)17-10-12-7-5-4-6-8-12/h4-8,13H,9-11H2,1-3H3,(H,19,20)(H2,17,18,21). The molecule has 0 spiro atoms. The van der Waals surface area contributed by atoms with Gasteiger partial charge in [-0.1, -0.05) is 51.1 Å². The minimum absolute atomic E-state index is 0.0199. The first-order chi connectivity index (χ1) is 9.79. The van der Waals surface area contributed by atoms with Gasteiger partial charge in [-0.05, 0) is 29.1 Å². The molecule has 4 nitrogen and oxygen atoms in total. The summed E-state index contributed by atoms with van der Waals surface area (Å²) in [6.07, 6.45) is 0.137. The number of carboxylic acids is 1. The number of nitrogens with one attached hydrogen (secondary N) is 2. The van der Waals surface area contributed by atoms with Crippen LogP contribution in [0.3, 0.4) is 0 Å². The minimum atomic E-state index is -0.778. The van der Waals surface area contributed by atoms with Gasteiger partial charge in [0.15, 0.2) is 5.11 Å². The van der Waals surface area contributed by atoms with E-state index in [0.717, 1.165) is 5.56 Å². The third-order valence-electron chi connectivity index (χ3n) is 3.45. The molecule has 116 valence electrons. The quantitative estimate of drug-likeness (QED) is 0.705. The van der Waals surface area contributed by atoms with Gasteiger partial charge in [0.1, 0.15) is 0 Å². The second kappa shape index (κ2) is 7.98. The van der Waals surface area contributed by atoms with Crippen LogP contribution in [0.1, 0.15) is 32.8 Å². The lowest BCUT2D eigenvalue weighted by molar-refractivity contribution is -0.139. The van der Waals surface area contributed by atoms with E-state index in [2.05, 4.69) is 10.6 Å². The van der Waals surface area contributed by atoms with Crippen molar-refractivity contribution in [2.45, 2.75) is 33.7 Å². The molecule has 0 saturated carbocycles. The van der Waals surface area contributed by atoms with Gasteiger partial charge in [-0.25, -0.2) is 0 Å². The molecule has 1 aromatic carbocycles. The van der Waals surface area contributed by atoms with Gasteiger partial charge in [0.05, 0.1) is 6.42 Å². The van der Waals surface area contributed by atoms with Crippen LogP contribution >= 0.6 is 12.2 Å². The Labute approximate surface area is 131 Å². The van der Waals surface area contributed by atoms with Gasteiger partial charge in [-0.15, -0.1) is 0 Å². The van der Waals surface area contributed by atoms with Crippen molar-refractivity contribution in [3.63, 3.8) is 0 Å². The molecule has 1 rings (SSSR count). The van der Waals surface area contributed by atoms with E-state index < -0.39 is 5.97 Å². The highest BCUT2D eigenvalue weighted by atomic mass is 32.1. The summed E-state index contributed by atoms with van der Waals surface area (Å²) < 4.78 is 0. The zero-order valence-corrected chi connectivity index (χ0v) is 13.7. The van der Waals surface area contributed by atoms with Gasteiger partial charge in [0.2, 0.25) is 0 Å². The van der Waals surface area contributed by atoms with Crippen LogP contribution in [-0.2, 0) is 11.3 Å². The summed E-state index contributed by atoms with van der Waals surface area (Å²) in [4.78, 5) is 10.9. The molecule has 0 aliphatic carbocycles. The van der Waals surface area contributed by atoms with Crippen LogP contribution in [0.15, 0.2) is 30.3 Å². The third kappa shape index (κ3) is 7.09. The maximum Gasteiger partial charge on any atom is 0.303 e. The summed E-state index contributed by atoms with van der Waals surface area (Å²) in [5.41, 5.74) is 1.07. The Hall–Kier alpha value is -1.62. The topological polar surface area (TPSA) is 61.4 Å². The highest BCUT2D eigenvalue weighted by molar-refractivity contribution is 7.80. The molecule has 21 heavy (non-hydrogen) atoms. The Balaban J connectivity index is 2.41. The fraction of sp³-hybridized carbons (Fsp3) is 0.500. The molecule has 1 aromatic rings. The zero-order chi connectivity index (χ0) is 15.9. The van der Waals surface area contributed by atoms with Crippen LogP contribution in [0.5, 0.6) is 0 Å². The number of carbonyl (C=O) groups is 1. The molecule has 0 heterocycles. The highest BCUT2D eigenvalue weighted by Gasteiger charge is 2.26. The van der Waals surface area contributed by atoms with Crippen molar-refractivity contribution in [1.29, 1.82) is 0 Å². The molecule has 3 N–H and O–H groups in total. The predicted octanol–water partition coefficient (Wildman–Crippen LogP) is 2.79. The molecular formula is C16H24N2O2S. The van der Waals surface area contributed by atoms with Crippen molar-refractivity contribution in [2.24, 2.45) is 11.3 Å². The minimum Gasteiger partial charge on any atom is -0.481 e. The third-order valence-corrected chi connectivity index (χ3v) is 3.74. The van der Waals surface area contributed by atoms with Crippen molar-refractivity contribution < 1.29 is 9.90 Å². The lowest BCUT2D eigenvalue weighted by Gasteiger charge is -2.30. The molecule has 1 atom stereocenters. The van der Waals surface area contributed by atoms with Crippen LogP contribution in [0.2, 0.25) is 0 Å². The summed E-state index contributed by atoms with van der Waals surface area (Å²) in [5.74, 6) is -0.758. The average Bonchev–Trinajstić information content (AvgIpc) is 2.40. The van der Waals surface area contributed by atoms with Crippen molar-refractivity contribution >= 4 is 23.3 Å². The summed E-state index contributed by atoms with van der Waals surface area (Å²) in [6.45, 7) is 7.34. The van der Waals surface area contributed by atoms with Crippen molar-refractivity contribution in [3.8, 4) is 0 Å². The summed E-state index contributed by atoms with van der Waals surface area (Å²) >= 11 is 5.24. The second-order valence-electron chi connectivity index (χ2n) is 6.21. The van der Waals surface area contributed by atoms with Crippen LogP contribution < -0.4 is 10.6 Å². The molecular weight excluding hydrogens is 284 g/mol. The van der Waals surface area contributed by atoms with E-state index in [-0.39, 0.29) is 17.8 Å². The summed E-state index contributed by atoms with van der Waals surface area (Å²) in [5, 5.41) is 15.8. The molecule has 0 saturated heterocycles. The lowest BCUT2D eigenvalue weighted by atomic mass is 9.79. The Morgan fingerprint density at radius 3 is 2.38 bits per heavy atom. The summed E-state index contributed by atoms with van der Waals surface area (Å²) in [6, 6.07) is 9.99. The number of rotatable bonds is 6. The first-order valence-corrected chi connectivity index (χ1v) is 7.47. The number of thiocarbonyl (C=S) groups is 1. The van der Waals surface area contributed by atoms with E-state index in [4.69, 9.17) is 17.3 Å². The van der Waals surface area contributed by atoms with Gasteiger partial charge in [0, 0.05) is 13.1 Å². The van der Waals surface area contributed by atoms with Gasteiger partial charge in [-0.3, -0.25) is 4.79 Å². The number of hydrogen-bond acceptors (Lipinski definition) is 2. The van der Waals surface area contributed by atoms with Gasteiger partial charge in [0.25, 0.3) is 0 Å². The van der Waals surface area contributed by atoms with Crippen LogP contribution in [0, 0.1) is 11.3 Å². The number of hydrogen-bond donors (Lipinski definition) is 3. The molecule has 0 aliphatic heterocycles. The van der Waals surface area contributed by atoms with E-state index in [0.29, 0.717) is 18.2 Å². The van der Waals surface area contributed by atoms with E-state index in [1.165, 1.54) is 0 Å². The SMILES string of the molecule is CC(C)(C)C(CNC(=S)NCc1ccccc1)CC(=O)O. The van der Waals surface area contributed by atoms with E-state index in [1.807, 2.05) is 51.1 Å². The Bertz CT molecular complexity index is 469. The Morgan fingerprint density at radius 2 is 1.86 bits per heavy atom. The normalized spacial score (nSPS) is 12.5.